The van der Waals surface area contributed by atoms with E-state index in [1.807, 2.05) is 49.4 Å². The number of carbonyl (C=O) groups excluding carboxylic acids is 1. The number of nitrogens with one attached hydrogen (secondary N) is 1. The Morgan fingerprint density at radius 1 is 0.935 bits per heavy atom. The van der Waals surface area contributed by atoms with Crippen molar-refractivity contribution in [2.45, 2.75) is 6.92 Å². The number of aliphatic hydroxyl groups is 1. The number of fused-ring (bicyclic) bond motifs is 3. The molecule has 0 amide bonds. The molecule has 8 nitrogen and oxygen atoms in total. The number of nitrogens with zero attached hydrogens (tertiary/aromatic N) is 5. The number of ketones is 1. The summed E-state index contributed by atoms with van der Waals surface area (Å²) in [6.07, 6.45) is 0. The van der Waals surface area contributed by atoms with Crippen LogP contribution in [0.25, 0.3) is 11.1 Å². The van der Waals surface area contributed by atoms with Crippen LogP contribution in [0.4, 0.5) is 17.6 Å². The number of rotatable bonds is 5. The molecule has 0 radical (unpaired) electrons. The second kappa shape index (κ2) is 8.05. The molecule has 0 atom stereocenters. The van der Waals surface area contributed by atoms with E-state index in [-0.39, 0.29) is 12.4 Å². The molecule has 0 saturated carbocycles. The summed E-state index contributed by atoms with van der Waals surface area (Å²) in [7, 11) is 0. The van der Waals surface area contributed by atoms with Gasteiger partial charge in [-0.25, -0.2) is 0 Å². The lowest BCUT2D eigenvalue weighted by Crippen LogP contribution is -2.47. The van der Waals surface area contributed by atoms with Gasteiger partial charge in [0.25, 0.3) is 0 Å². The summed E-state index contributed by atoms with van der Waals surface area (Å²) in [6, 6.07) is 13.4. The highest BCUT2D eigenvalue weighted by Gasteiger charge is 2.26. The van der Waals surface area contributed by atoms with Gasteiger partial charge in [-0.15, -0.1) is 0 Å². The molecule has 1 aliphatic heterocycles. The Hall–Kier alpha value is -3.36. The maximum atomic E-state index is 12.6. The first kappa shape index (κ1) is 19.6. The number of piperazine rings is 1. The Labute approximate surface area is 180 Å². The fraction of sp³-hybridized carbons (Fsp3) is 0.304. The maximum absolute atomic E-state index is 12.6. The normalized spacial score (nSPS) is 15.7. The van der Waals surface area contributed by atoms with Crippen molar-refractivity contribution in [3.63, 3.8) is 0 Å². The van der Waals surface area contributed by atoms with Gasteiger partial charge in [-0.2, -0.15) is 15.0 Å². The van der Waals surface area contributed by atoms with Crippen LogP contribution in [-0.2, 0) is 0 Å². The lowest BCUT2D eigenvalue weighted by atomic mass is 10.1. The van der Waals surface area contributed by atoms with Crippen molar-refractivity contribution in [2.75, 3.05) is 49.5 Å². The van der Waals surface area contributed by atoms with Crippen molar-refractivity contribution in [2.24, 2.45) is 0 Å². The van der Waals surface area contributed by atoms with Gasteiger partial charge in [-0.1, -0.05) is 24.3 Å². The van der Waals surface area contributed by atoms with Gasteiger partial charge in [0.1, 0.15) is 5.82 Å². The molecule has 5 rings (SSSR count). The van der Waals surface area contributed by atoms with Crippen molar-refractivity contribution in [3.8, 4) is 11.1 Å². The second-order valence-electron chi connectivity index (χ2n) is 7.82. The van der Waals surface area contributed by atoms with Gasteiger partial charge in [0.15, 0.2) is 5.78 Å². The molecule has 1 aliphatic carbocycles. The van der Waals surface area contributed by atoms with Crippen LogP contribution in [0.15, 0.2) is 42.5 Å². The number of aliphatic hydroxyl groups excluding tert-OH is 1. The van der Waals surface area contributed by atoms with E-state index in [9.17, 15) is 4.79 Å². The minimum atomic E-state index is 0.0655. The number of carbonyl (C=O) groups is 1. The fourth-order valence-electron chi connectivity index (χ4n) is 4.21. The predicted molar refractivity (Wildman–Crippen MR) is 119 cm³/mol. The van der Waals surface area contributed by atoms with Crippen molar-refractivity contribution in [1.82, 2.24) is 19.9 Å². The van der Waals surface area contributed by atoms with Crippen LogP contribution in [0.5, 0.6) is 0 Å². The molecule has 1 fully saturated rings. The third kappa shape index (κ3) is 3.75. The Morgan fingerprint density at radius 3 is 2.45 bits per heavy atom. The van der Waals surface area contributed by atoms with Crippen LogP contribution in [0, 0.1) is 6.92 Å². The summed E-state index contributed by atoms with van der Waals surface area (Å²) >= 11 is 0. The monoisotopic (exact) mass is 416 g/mol. The average Bonchev–Trinajstić information content (AvgIpc) is 3.06. The molecule has 2 aromatic carbocycles. The van der Waals surface area contributed by atoms with Crippen molar-refractivity contribution >= 4 is 23.4 Å². The largest absolute Gasteiger partial charge is 0.395 e. The summed E-state index contributed by atoms with van der Waals surface area (Å²) < 4.78 is 0. The number of aryl methyl sites for hydroxylation is 1. The molecule has 3 aromatic rings. The Balaban J connectivity index is 1.38. The van der Waals surface area contributed by atoms with E-state index in [1.165, 1.54) is 0 Å². The van der Waals surface area contributed by atoms with Crippen molar-refractivity contribution < 1.29 is 9.90 Å². The smallest absolute Gasteiger partial charge is 0.232 e. The zero-order valence-corrected chi connectivity index (χ0v) is 17.4. The van der Waals surface area contributed by atoms with E-state index in [0.717, 1.165) is 54.1 Å². The molecule has 31 heavy (non-hydrogen) atoms. The highest BCUT2D eigenvalue weighted by molar-refractivity contribution is 6.21. The summed E-state index contributed by atoms with van der Waals surface area (Å²) in [5.74, 6) is 1.85. The van der Waals surface area contributed by atoms with Gasteiger partial charge in [-0.05, 0) is 36.2 Å². The highest BCUT2D eigenvalue weighted by atomic mass is 16.3. The third-order valence-corrected chi connectivity index (χ3v) is 5.79. The quantitative estimate of drug-likeness (QED) is 0.512. The van der Waals surface area contributed by atoms with E-state index >= 15 is 0 Å². The standard InChI is InChI=1S/C23H24N6O2/c1-15-24-22(27-23(25-15)29-10-8-28(9-11-29)12-13-30)26-16-6-7-19-20(14-16)17-4-2-3-5-18(17)21(19)31/h2-7,14,30H,8-13H2,1H3,(H,24,25,26,27). The Morgan fingerprint density at radius 2 is 1.68 bits per heavy atom. The average molecular weight is 416 g/mol. The van der Waals surface area contributed by atoms with Gasteiger partial charge >= 0.3 is 0 Å². The molecule has 1 aromatic heterocycles. The van der Waals surface area contributed by atoms with Crippen LogP contribution < -0.4 is 10.2 Å². The molecule has 0 spiro atoms. The number of β-amino-alcohol motifs (C(OH)–C–C–N with tert-alkyl or cyclic N) is 1. The minimum absolute atomic E-state index is 0.0655. The molecule has 158 valence electrons. The summed E-state index contributed by atoms with van der Waals surface area (Å²) in [5.41, 5.74) is 4.18. The van der Waals surface area contributed by atoms with E-state index in [4.69, 9.17) is 5.11 Å². The minimum Gasteiger partial charge on any atom is -0.395 e. The number of benzene rings is 2. The van der Waals surface area contributed by atoms with E-state index in [2.05, 4.69) is 30.1 Å². The van der Waals surface area contributed by atoms with Crippen LogP contribution in [0.3, 0.4) is 0 Å². The molecule has 8 heteroatoms. The molecule has 0 unspecified atom stereocenters. The van der Waals surface area contributed by atoms with Crippen LogP contribution in [0.2, 0.25) is 0 Å². The summed E-state index contributed by atoms with van der Waals surface area (Å²) in [4.78, 5) is 30.6. The Kier molecular flexibility index (Phi) is 5.09. The lowest BCUT2D eigenvalue weighted by molar-refractivity contribution is 0.104. The second-order valence-corrected chi connectivity index (χ2v) is 7.82. The number of hydrogen-bond donors (Lipinski definition) is 2. The maximum Gasteiger partial charge on any atom is 0.232 e. The number of aromatic nitrogens is 3. The first-order valence-electron chi connectivity index (χ1n) is 10.5. The van der Waals surface area contributed by atoms with Crippen LogP contribution in [-0.4, -0.2) is 70.1 Å². The lowest BCUT2D eigenvalue weighted by Gasteiger charge is -2.34. The van der Waals surface area contributed by atoms with E-state index in [0.29, 0.717) is 24.3 Å². The third-order valence-electron chi connectivity index (χ3n) is 5.79. The molecule has 2 aliphatic rings. The molecule has 0 bridgehead atoms. The number of anilines is 3. The number of hydrogen-bond acceptors (Lipinski definition) is 8. The molecule has 1 saturated heterocycles. The SMILES string of the molecule is Cc1nc(Nc2ccc3c(c2)-c2ccccc2C3=O)nc(N2CCN(CCO)CC2)n1. The molecule has 2 N–H and O–H groups in total. The van der Waals surface area contributed by atoms with Crippen LogP contribution >= 0.6 is 0 Å². The van der Waals surface area contributed by atoms with Crippen molar-refractivity contribution in [1.29, 1.82) is 0 Å². The summed E-state index contributed by atoms with van der Waals surface area (Å²) in [5, 5.41) is 12.4. The van der Waals surface area contributed by atoms with E-state index < -0.39 is 0 Å². The highest BCUT2D eigenvalue weighted by Crippen LogP contribution is 2.38. The van der Waals surface area contributed by atoms with Gasteiger partial charge in [0.2, 0.25) is 11.9 Å². The van der Waals surface area contributed by atoms with Crippen LogP contribution in [0.1, 0.15) is 21.7 Å². The fourth-order valence-corrected chi connectivity index (χ4v) is 4.21. The molecular formula is C23H24N6O2. The first-order valence-corrected chi connectivity index (χ1v) is 10.5. The van der Waals surface area contributed by atoms with E-state index in [1.54, 1.807) is 0 Å². The van der Waals surface area contributed by atoms with Gasteiger partial charge < -0.3 is 15.3 Å². The Bertz CT molecular complexity index is 1140. The van der Waals surface area contributed by atoms with Gasteiger partial charge in [0, 0.05) is 49.5 Å². The molecular weight excluding hydrogens is 392 g/mol. The topological polar surface area (TPSA) is 94.5 Å². The van der Waals surface area contributed by atoms with Crippen molar-refractivity contribution in [3.05, 3.63) is 59.4 Å². The first-order chi connectivity index (χ1) is 15.1. The zero-order valence-electron chi connectivity index (χ0n) is 17.4. The van der Waals surface area contributed by atoms with Gasteiger partial charge in [-0.3, -0.25) is 9.69 Å². The summed E-state index contributed by atoms with van der Waals surface area (Å²) in [6.45, 7) is 6.08. The molecule has 2 heterocycles. The zero-order chi connectivity index (χ0) is 21.4. The van der Waals surface area contributed by atoms with Gasteiger partial charge in [0.05, 0.1) is 6.61 Å². The predicted octanol–water partition coefficient (Wildman–Crippen LogP) is 2.25.